The molecule has 0 fully saturated rings. The van der Waals surface area contributed by atoms with Crippen LogP contribution in [0, 0.1) is 6.92 Å². The van der Waals surface area contributed by atoms with Crippen LogP contribution in [0.1, 0.15) is 37.5 Å². The minimum atomic E-state index is -3.55. The Morgan fingerprint density at radius 2 is 1.68 bits per heavy atom. The monoisotopic (exact) mass is 398 g/mol. The third-order valence-electron chi connectivity index (χ3n) is 4.83. The smallest absolute Gasteiger partial charge is 0.251 e. The van der Waals surface area contributed by atoms with Crippen LogP contribution in [-0.2, 0) is 21.9 Å². The fourth-order valence-corrected chi connectivity index (χ4v) is 4.10. The number of hydrogen-bond donors (Lipinski definition) is 2. The molecule has 0 amide bonds. The Bertz CT molecular complexity index is 1160. The summed E-state index contributed by atoms with van der Waals surface area (Å²) < 4.78 is 27.7. The van der Waals surface area contributed by atoms with Crippen molar-refractivity contribution in [2.24, 2.45) is 0 Å². The summed E-state index contributed by atoms with van der Waals surface area (Å²) in [6, 6.07) is 14.6. The van der Waals surface area contributed by atoms with Gasteiger partial charge in [-0.25, -0.2) is 13.1 Å². The molecule has 3 aromatic rings. The van der Waals surface area contributed by atoms with Gasteiger partial charge in [0.1, 0.15) is 0 Å². The molecule has 148 valence electrons. The first kappa shape index (κ1) is 20.3. The van der Waals surface area contributed by atoms with Crippen molar-refractivity contribution >= 4 is 20.9 Å². The van der Waals surface area contributed by atoms with Crippen molar-refractivity contribution in [3.05, 3.63) is 75.6 Å². The molecule has 0 spiro atoms. The summed E-state index contributed by atoms with van der Waals surface area (Å²) >= 11 is 0. The Morgan fingerprint density at radius 1 is 1.00 bits per heavy atom. The van der Waals surface area contributed by atoms with Gasteiger partial charge in [-0.1, -0.05) is 39.0 Å². The number of aromatic amines is 1. The molecule has 3 rings (SSSR count). The van der Waals surface area contributed by atoms with Crippen LogP contribution in [0.15, 0.2) is 58.2 Å². The van der Waals surface area contributed by atoms with Crippen LogP contribution < -0.4 is 10.3 Å². The number of fused-ring (bicyclic) bond motifs is 1. The zero-order chi connectivity index (χ0) is 20.5. The first-order valence-electron chi connectivity index (χ1n) is 9.29. The number of aromatic nitrogens is 1. The molecule has 28 heavy (non-hydrogen) atoms. The van der Waals surface area contributed by atoms with Gasteiger partial charge in [-0.15, -0.1) is 0 Å². The molecule has 0 aliphatic heterocycles. The van der Waals surface area contributed by atoms with E-state index in [1.54, 1.807) is 19.1 Å². The summed E-state index contributed by atoms with van der Waals surface area (Å²) in [5, 5.41) is 0.940. The van der Waals surface area contributed by atoms with Crippen LogP contribution in [0.3, 0.4) is 0 Å². The molecule has 0 aliphatic carbocycles. The fourth-order valence-electron chi connectivity index (χ4n) is 3.07. The second kappa shape index (κ2) is 7.53. The molecule has 5 nitrogen and oxygen atoms in total. The van der Waals surface area contributed by atoms with Crippen molar-refractivity contribution in [2.45, 2.75) is 44.4 Å². The van der Waals surface area contributed by atoms with E-state index in [1.165, 1.54) is 0 Å². The number of hydrogen-bond acceptors (Lipinski definition) is 3. The highest BCUT2D eigenvalue weighted by Crippen LogP contribution is 2.23. The van der Waals surface area contributed by atoms with Crippen LogP contribution in [0.5, 0.6) is 0 Å². The average molecular weight is 399 g/mol. The van der Waals surface area contributed by atoms with E-state index in [0.29, 0.717) is 18.5 Å². The van der Waals surface area contributed by atoms with E-state index in [9.17, 15) is 13.2 Å². The Balaban J connectivity index is 1.69. The van der Waals surface area contributed by atoms with Crippen molar-refractivity contribution in [1.29, 1.82) is 0 Å². The van der Waals surface area contributed by atoms with Gasteiger partial charge in [0.05, 0.1) is 4.90 Å². The average Bonchev–Trinajstić information content (AvgIpc) is 2.62. The molecule has 0 saturated heterocycles. The minimum absolute atomic E-state index is 0.0194. The molecular formula is C22H26N2O3S. The number of sulfonamides is 1. The zero-order valence-electron chi connectivity index (χ0n) is 16.7. The van der Waals surface area contributed by atoms with Gasteiger partial charge in [-0.3, -0.25) is 4.79 Å². The number of pyridine rings is 1. The lowest BCUT2D eigenvalue weighted by atomic mass is 9.87. The van der Waals surface area contributed by atoms with E-state index < -0.39 is 10.0 Å². The molecule has 0 radical (unpaired) electrons. The third-order valence-corrected chi connectivity index (χ3v) is 6.31. The van der Waals surface area contributed by atoms with E-state index >= 15 is 0 Å². The van der Waals surface area contributed by atoms with Crippen molar-refractivity contribution in [1.82, 2.24) is 9.71 Å². The van der Waals surface area contributed by atoms with Gasteiger partial charge in [0, 0.05) is 17.6 Å². The van der Waals surface area contributed by atoms with Crippen molar-refractivity contribution in [3.8, 4) is 0 Å². The van der Waals surface area contributed by atoms with Gasteiger partial charge in [0.2, 0.25) is 10.0 Å². The molecule has 1 aromatic heterocycles. The molecule has 2 aromatic carbocycles. The van der Waals surface area contributed by atoms with E-state index in [2.05, 4.69) is 30.5 Å². The molecule has 0 atom stereocenters. The van der Waals surface area contributed by atoms with Gasteiger partial charge < -0.3 is 4.98 Å². The first-order chi connectivity index (χ1) is 13.1. The number of aryl methyl sites for hydroxylation is 1. The van der Waals surface area contributed by atoms with E-state index in [4.69, 9.17) is 0 Å². The zero-order valence-corrected chi connectivity index (χ0v) is 17.5. The van der Waals surface area contributed by atoms with Crippen LogP contribution in [0.2, 0.25) is 0 Å². The summed E-state index contributed by atoms with van der Waals surface area (Å²) in [7, 11) is -3.55. The third kappa shape index (κ3) is 4.51. The number of benzene rings is 2. The largest absolute Gasteiger partial charge is 0.322 e. The van der Waals surface area contributed by atoms with E-state index in [1.807, 2.05) is 36.4 Å². The Kier molecular flexibility index (Phi) is 5.46. The highest BCUT2D eigenvalue weighted by molar-refractivity contribution is 7.89. The van der Waals surface area contributed by atoms with E-state index in [0.717, 1.165) is 22.0 Å². The molecule has 1 heterocycles. The van der Waals surface area contributed by atoms with Crippen molar-refractivity contribution in [2.75, 3.05) is 6.54 Å². The molecule has 6 heteroatoms. The maximum absolute atomic E-state index is 12.5. The second-order valence-electron chi connectivity index (χ2n) is 8.13. The maximum Gasteiger partial charge on any atom is 0.251 e. The second-order valence-corrected chi connectivity index (χ2v) is 9.89. The lowest BCUT2D eigenvalue weighted by Gasteiger charge is -2.19. The molecule has 0 unspecified atom stereocenters. The number of nitrogens with one attached hydrogen (secondary N) is 2. The molecular weight excluding hydrogens is 372 g/mol. The topological polar surface area (TPSA) is 79.0 Å². The number of rotatable bonds is 5. The summed E-state index contributed by atoms with van der Waals surface area (Å²) in [5.41, 5.74) is 3.42. The summed E-state index contributed by atoms with van der Waals surface area (Å²) in [6.07, 6.45) is 0.563. The predicted molar refractivity (Wildman–Crippen MR) is 113 cm³/mol. The van der Waals surface area contributed by atoms with Crippen molar-refractivity contribution < 1.29 is 8.42 Å². The first-order valence-corrected chi connectivity index (χ1v) is 10.8. The van der Waals surface area contributed by atoms with Gasteiger partial charge in [-0.05, 0) is 65.6 Å². The number of H-pyrrole nitrogens is 1. The van der Waals surface area contributed by atoms with Gasteiger partial charge in [-0.2, -0.15) is 0 Å². The van der Waals surface area contributed by atoms with Crippen LogP contribution in [-0.4, -0.2) is 19.9 Å². The van der Waals surface area contributed by atoms with Gasteiger partial charge in [0.25, 0.3) is 5.56 Å². The molecule has 0 saturated carbocycles. The highest BCUT2D eigenvalue weighted by Gasteiger charge is 2.17. The van der Waals surface area contributed by atoms with Crippen molar-refractivity contribution in [3.63, 3.8) is 0 Å². The lowest BCUT2D eigenvalue weighted by Crippen LogP contribution is -2.26. The summed E-state index contributed by atoms with van der Waals surface area (Å²) in [5.74, 6) is 0. The molecule has 0 bridgehead atoms. The fraction of sp³-hybridized carbons (Fsp3) is 0.318. The standard InChI is InChI=1S/C22H26N2O3S/c1-15-13-17-14-16(5-10-20(17)24-21(15)25)11-12-23-28(26,27)19-8-6-18(7-9-19)22(2,3)4/h5-10,13-14,23H,11-12H2,1-4H3,(H,24,25). The highest BCUT2D eigenvalue weighted by atomic mass is 32.2. The van der Waals surface area contributed by atoms with E-state index in [-0.39, 0.29) is 15.9 Å². The minimum Gasteiger partial charge on any atom is -0.322 e. The summed E-state index contributed by atoms with van der Waals surface area (Å²) in [4.78, 5) is 14.8. The van der Waals surface area contributed by atoms with Gasteiger partial charge in [0.15, 0.2) is 0 Å². The van der Waals surface area contributed by atoms with Crippen LogP contribution >= 0.6 is 0 Å². The van der Waals surface area contributed by atoms with Gasteiger partial charge >= 0.3 is 0 Å². The maximum atomic E-state index is 12.5. The SMILES string of the molecule is Cc1cc2cc(CCNS(=O)(=O)c3ccc(C(C)(C)C)cc3)ccc2[nH]c1=O. The Morgan fingerprint density at radius 3 is 2.32 bits per heavy atom. The Hall–Kier alpha value is -2.44. The normalized spacial score (nSPS) is 12.4. The molecule has 2 N–H and O–H groups in total. The quantitative estimate of drug-likeness (QED) is 0.688. The lowest BCUT2D eigenvalue weighted by molar-refractivity contribution is 0.578. The molecule has 0 aliphatic rings. The predicted octanol–water partition coefficient (Wildman–Crippen LogP) is 3.66. The Labute approximate surface area is 165 Å². The summed E-state index contributed by atoms with van der Waals surface area (Å²) in [6.45, 7) is 8.35. The van der Waals surface area contributed by atoms with Crippen LogP contribution in [0.4, 0.5) is 0 Å². The van der Waals surface area contributed by atoms with Crippen LogP contribution in [0.25, 0.3) is 10.9 Å².